The zero-order valence-corrected chi connectivity index (χ0v) is 23.4. The summed E-state index contributed by atoms with van der Waals surface area (Å²) >= 11 is 13.4. The van der Waals surface area contributed by atoms with Crippen LogP contribution in [0.15, 0.2) is 54.6 Å². The minimum atomic E-state index is -0.652. The van der Waals surface area contributed by atoms with Crippen molar-refractivity contribution in [2.75, 3.05) is 18.9 Å². The fourth-order valence-corrected chi connectivity index (χ4v) is 4.95. The summed E-state index contributed by atoms with van der Waals surface area (Å²) in [5.74, 6) is 0.613. The molecule has 1 N–H and O–H groups in total. The summed E-state index contributed by atoms with van der Waals surface area (Å²) in [7, 11) is 0. The first-order chi connectivity index (χ1) is 16.5. The van der Waals surface area contributed by atoms with E-state index < -0.39 is 6.10 Å². The van der Waals surface area contributed by atoms with Gasteiger partial charge < -0.3 is 15.0 Å². The molecule has 2 aromatic rings. The molecule has 0 spiro atoms. The summed E-state index contributed by atoms with van der Waals surface area (Å²) in [4.78, 5) is 26.6. The van der Waals surface area contributed by atoms with Gasteiger partial charge in [-0.25, -0.2) is 0 Å². The zero-order chi connectivity index (χ0) is 26.0. The van der Waals surface area contributed by atoms with E-state index in [-0.39, 0.29) is 35.2 Å². The molecule has 2 aromatic carbocycles. The van der Waals surface area contributed by atoms with Crippen molar-refractivity contribution in [3.8, 4) is 0 Å². The highest BCUT2D eigenvalue weighted by Crippen LogP contribution is 2.34. The molecule has 1 aliphatic rings. The van der Waals surface area contributed by atoms with E-state index in [1.807, 2.05) is 71.3 Å². The molecular formula is C27H36Cl2N2O3S. The number of nitrogens with one attached hydrogen (secondary N) is 1. The third-order valence-electron chi connectivity index (χ3n) is 5.42. The van der Waals surface area contributed by atoms with Crippen molar-refractivity contribution in [3.63, 3.8) is 0 Å². The number of carbonyl (C=O) groups is 2. The second-order valence-electron chi connectivity index (χ2n) is 9.35. The van der Waals surface area contributed by atoms with Crippen LogP contribution in [0.4, 0.5) is 0 Å². The first-order valence-electron chi connectivity index (χ1n) is 11.8. The normalized spacial score (nSPS) is 18.9. The Labute approximate surface area is 223 Å². The Morgan fingerprint density at radius 2 is 1.71 bits per heavy atom. The van der Waals surface area contributed by atoms with Crippen molar-refractivity contribution in [3.05, 3.63) is 70.2 Å². The molecule has 0 radical (unpaired) electrons. The Morgan fingerprint density at radius 1 is 1.11 bits per heavy atom. The van der Waals surface area contributed by atoms with E-state index in [9.17, 15) is 9.59 Å². The van der Waals surface area contributed by atoms with E-state index in [1.54, 1.807) is 0 Å². The van der Waals surface area contributed by atoms with Crippen LogP contribution in [0.1, 0.15) is 52.6 Å². The summed E-state index contributed by atoms with van der Waals surface area (Å²) in [5.41, 5.74) is 1.01. The lowest BCUT2D eigenvalue weighted by molar-refractivity contribution is -0.163. The SMILES string of the molecule is CCC(CSC(C)(C)C)N1C(=O)C(CNC(C)=O)OCC1c1ccc(Cl)cc1.Clc1ccccc1. The van der Waals surface area contributed by atoms with E-state index in [2.05, 4.69) is 33.0 Å². The van der Waals surface area contributed by atoms with Crippen LogP contribution in [0.2, 0.25) is 10.0 Å². The van der Waals surface area contributed by atoms with E-state index >= 15 is 0 Å². The van der Waals surface area contributed by atoms with Gasteiger partial charge in [-0.05, 0) is 36.2 Å². The van der Waals surface area contributed by atoms with Crippen LogP contribution in [-0.2, 0) is 14.3 Å². The average molecular weight is 540 g/mol. The van der Waals surface area contributed by atoms with Gasteiger partial charge >= 0.3 is 0 Å². The van der Waals surface area contributed by atoms with Crippen LogP contribution < -0.4 is 5.32 Å². The molecule has 3 unspecified atom stereocenters. The van der Waals surface area contributed by atoms with E-state index in [1.165, 1.54) is 6.92 Å². The third kappa shape index (κ3) is 10.0. The molecule has 3 rings (SSSR count). The monoisotopic (exact) mass is 538 g/mol. The third-order valence-corrected chi connectivity index (χ3v) is 7.34. The van der Waals surface area contributed by atoms with E-state index in [0.717, 1.165) is 22.8 Å². The quantitative estimate of drug-likeness (QED) is 0.443. The number of halogens is 2. The Morgan fingerprint density at radius 3 is 2.20 bits per heavy atom. The molecule has 35 heavy (non-hydrogen) atoms. The number of hydrogen-bond donors (Lipinski definition) is 1. The maximum absolute atomic E-state index is 13.3. The maximum Gasteiger partial charge on any atom is 0.254 e. The van der Waals surface area contributed by atoms with Gasteiger partial charge in [-0.1, -0.05) is 81.2 Å². The number of benzene rings is 2. The van der Waals surface area contributed by atoms with Gasteiger partial charge in [0.2, 0.25) is 5.91 Å². The first kappa shape index (κ1) is 29.5. The Bertz CT molecular complexity index is 936. The Kier molecular flexibility index (Phi) is 11.9. The van der Waals surface area contributed by atoms with Crippen molar-refractivity contribution >= 4 is 46.8 Å². The number of nitrogens with zero attached hydrogens (tertiary/aromatic N) is 1. The highest BCUT2D eigenvalue weighted by molar-refractivity contribution is 8.00. The van der Waals surface area contributed by atoms with Gasteiger partial charge in [-0.15, -0.1) is 0 Å². The largest absolute Gasteiger partial charge is 0.364 e. The number of carbonyl (C=O) groups excluding carboxylic acids is 2. The van der Waals surface area contributed by atoms with Crippen LogP contribution in [0.3, 0.4) is 0 Å². The summed E-state index contributed by atoms with van der Waals surface area (Å²) in [5, 5.41) is 4.17. The second kappa shape index (κ2) is 14.1. The number of thioether (sulfide) groups is 1. The number of rotatable bonds is 7. The molecule has 0 saturated carbocycles. The average Bonchev–Trinajstić information content (AvgIpc) is 2.80. The lowest BCUT2D eigenvalue weighted by atomic mass is 10.00. The molecule has 0 bridgehead atoms. The minimum absolute atomic E-state index is 0.0682. The molecule has 1 fully saturated rings. The molecule has 3 atom stereocenters. The number of hydrogen-bond acceptors (Lipinski definition) is 4. The highest BCUT2D eigenvalue weighted by Gasteiger charge is 2.40. The van der Waals surface area contributed by atoms with Crippen molar-refractivity contribution in [2.24, 2.45) is 0 Å². The molecule has 1 saturated heterocycles. The lowest BCUT2D eigenvalue weighted by Crippen LogP contribution is -2.57. The first-order valence-corrected chi connectivity index (χ1v) is 13.5. The smallest absolute Gasteiger partial charge is 0.254 e. The highest BCUT2D eigenvalue weighted by atomic mass is 35.5. The second-order valence-corrected chi connectivity index (χ2v) is 12.1. The fraction of sp³-hybridized carbons (Fsp3) is 0.481. The molecule has 0 aliphatic carbocycles. The predicted molar refractivity (Wildman–Crippen MR) is 147 cm³/mol. The van der Waals surface area contributed by atoms with Gasteiger partial charge in [0, 0.05) is 33.5 Å². The fourth-order valence-electron chi connectivity index (χ4n) is 3.59. The lowest BCUT2D eigenvalue weighted by Gasteiger charge is -2.44. The van der Waals surface area contributed by atoms with Crippen LogP contribution in [0.25, 0.3) is 0 Å². The van der Waals surface area contributed by atoms with Gasteiger partial charge in [-0.3, -0.25) is 9.59 Å². The summed E-state index contributed by atoms with van der Waals surface area (Å²) in [6, 6.07) is 17.0. The van der Waals surface area contributed by atoms with E-state index in [0.29, 0.717) is 11.6 Å². The minimum Gasteiger partial charge on any atom is -0.364 e. The molecular weight excluding hydrogens is 503 g/mol. The Balaban J connectivity index is 0.000000527. The Hall–Kier alpha value is -1.73. The molecule has 1 aliphatic heterocycles. The van der Waals surface area contributed by atoms with Gasteiger partial charge in [0.25, 0.3) is 5.91 Å². The summed E-state index contributed by atoms with van der Waals surface area (Å²) in [6.07, 6.45) is 0.201. The number of ether oxygens (including phenoxy) is 1. The number of amides is 2. The van der Waals surface area contributed by atoms with Crippen molar-refractivity contribution < 1.29 is 14.3 Å². The number of morpholine rings is 1. The molecule has 5 nitrogen and oxygen atoms in total. The van der Waals surface area contributed by atoms with Gasteiger partial charge in [0.05, 0.1) is 19.2 Å². The van der Waals surface area contributed by atoms with Crippen LogP contribution >= 0.6 is 35.0 Å². The van der Waals surface area contributed by atoms with Crippen LogP contribution in [-0.4, -0.2) is 52.5 Å². The summed E-state index contributed by atoms with van der Waals surface area (Å²) in [6.45, 7) is 10.7. The van der Waals surface area contributed by atoms with Crippen molar-refractivity contribution in [1.29, 1.82) is 0 Å². The van der Waals surface area contributed by atoms with Gasteiger partial charge in [0.1, 0.15) is 0 Å². The van der Waals surface area contributed by atoms with Crippen molar-refractivity contribution in [2.45, 2.75) is 64.0 Å². The molecule has 8 heteroatoms. The summed E-state index contributed by atoms with van der Waals surface area (Å²) < 4.78 is 5.98. The zero-order valence-electron chi connectivity index (χ0n) is 21.1. The maximum atomic E-state index is 13.3. The van der Waals surface area contributed by atoms with Crippen molar-refractivity contribution in [1.82, 2.24) is 10.2 Å². The van der Waals surface area contributed by atoms with Crippen LogP contribution in [0.5, 0.6) is 0 Å². The van der Waals surface area contributed by atoms with Gasteiger partial charge in [0.15, 0.2) is 6.10 Å². The van der Waals surface area contributed by atoms with Crippen LogP contribution in [0, 0.1) is 0 Å². The van der Waals surface area contributed by atoms with Gasteiger partial charge in [-0.2, -0.15) is 11.8 Å². The van der Waals surface area contributed by atoms with E-state index in [4.69, 9.17) is 27.9 Å². The molecule has 1 heterocycles. The topological polar surface area (TPSA) is 58.6 Å². The standard InChI is InChI=1S/C21H31ClN2O3S.C6H5Cl/c1-6-17(13-28-21(3,4)5)24-18(15-7-9-16(22)10-8-15)12-27-19(20(24)26)11-23-14(2)25;7-6-4-2-1-3-5-6/h7-10,17-19H,6,11-13H2,1-5H3,(H,23,25);1-5H. The molecule has 0 aromatic heterocycles. The molecule has 2 amide bonds. The molecule has 192 valence electrons. The predicted octanol–water partition coefficient (Wildman–Crippen LogP) is 6.39.